The van der Waals surface area contributed by atoms with Gasteiger partial charge in [-0.1, -0.05) is 18.2 Å². The molecule has 2 heterocycles. The van der Waals surface area contributed by atoms with Gasteiger partial charge in [-0.05, 0) is 23.6 Å². The van der Waals surface area contributed by atoms with Gasteiger partial charge in [0.2, 0.25) is 5.91 Å². The van der Waals surface area contributed by atoms with Gasteiger partial charge >= 0.3 is 0 Å². The van der Waals surface area contributed by atoms with Crippen molar-refractivity contribution in [3.63, 3.8) is 0 Å². The highest BCUT2D eigenvalue weighted by Gasteiger charge is 2.05. The van der Waals surface area contributed by atoms with E-state index in [9.17, 15) is 4.79 Å². The highest BCUT2D eigenvalue weighted by Crippen LogP contribution is 2.22. The first-order valence-corrected chi connectivity index (χ1v) is 8.54. The van der Waals surface area contributed by atoms with Crippen molar-refractivity contribution < 1.29 is 4.79 Å². The normalized spacial score (nSPS) is 10.9. The molecule has 0 radical (unpaired) electrons. The van der Waals surface area contributed by atoms with Gasteiger partial charge in [-0.3, -0.25) is 4.79 Å². The number of carbonyl (C=O) groups is 1. The molecule has 0 spiro atoms. The van der Waals surface area contributed by atoms with Gasteiger partial charge in [-0.15, -0.1) is 23.1 Å². The molecule has 0 unspecified atom stereocenters. The Labute approximate surface area is 131 Å². The number of carbonyl (C=O) groups excluding carboxylic acids is 1. The van der Waals surface area contributed by atoms with E-state index in [0.29, 0.717) is 18.7 Å². The highest BCUT2D eigenvalue weighted by atomic mass is 32.2. The Morgan fingerprint density at radius 2 is 2.19 bits per heavy atom. The van der Waals surface area contributed by atoms with E-state index in [1.165, 1.54) is 4.21 Å². The molecule has 3 rings (SSSR count). The van der Waals surface area contributed by atoms with E-state index >= 15 is 0 Å². The third kappa shape index (κ3) is 3.86. The smallest absolute Gasteiger partial charge is 0.230 e. The molecule has 4 nitrogen and oxygen atoms in total. The topological polar surface area (TPSA) is 57.8 Å². The molecule has 0 bridgehead atoms. The van der Waals surface area contributed by atoms with Crippen molar-refractivity contribution in [1.82, 2.24) is 15.3 Å². The van der Waals surface area contributed by atoms with E-state index in [1.54, 1.807) is 23.1 Å². The molecule has 2 aromatic heterocycles. The van der Waals surface area contributed by atoms with Crippen LogP contribution in [0.4, 0.5) is 0 Å². The number of hydrogen-bond donors (Lipinski definition) is 2. The Balaban J connectivity index is 1.44. The second-order valence-electron chi connectivity index (χ2n) is 4.52. The number of para-hydroxylation sites is 2. The lowest BCUT2D eigenvalue weighted by Gasteiger charge is -2.02. The second-order valence-corrected chi connectivity index (χ2v) is 6.74. The lowest BCUT2D eigenvalue weighted by atomic mass is 10.3. The average Bonchev–Trinajstić information content (AvgIpc) is 3.14. The number of rotatable bonds is 6. The summed E-state index contributed by atoms with van der Waals surface area (Å²) in [6, 6.07) is 11.9. The summed E-state index contributed by atoms with van der Waals surface area (Å²) in [6.07, 6.45) is 0.712. The van der Waals surface area contributed by atoms with E-state index in [2.05, 4.69) is 15.3 Å². The van der Waals surface area contributed by atoms with Gasteiger partial charge in [-0.2, -0.15) is 0 Å². The number of aromatic nitrogens is 2. The standard InChI is InChI=1S/C15H15N3OS2/c19-14(10-21-15-6-3-9-20-15)16-8-7-13-17-11-4-1-2-5-12(11)18-13/h1-6,9H,7-8,10H2,(H,16,19)(H,17,18). The molecule has 1 amide bonds. The molecule has 0 saturated carbocycles. The van der Waals surface area contributed by atoms with E-state index < -0.39 is 0 Å². The van der Waals surface area contributed by atoms with E-state index in [0.717, 1.165) is 16.9 Å². The maximum atomic E-state index is 11.7. The van der Waals surface area contributed by atoms with Gasteiger partial charge in [0.15, 0.2) is 0 Å². The lowest BCUT2D eigenvalue weighted by molar-refractivity contribution is -0.118. The van der Waals surface area contributed by atoms with Gasteiger partial charge in [0.05, 0.1) is 21.0 Å². The van der Waals surface area contributed by atoms with Gasteiger partial charge < -0.3 is 10.3 Å². The summed E-state index contributed by atoms with van der Waals surface area (Å²) in [5.41, 5.74) is 2.00. The minimum absolute atomic E-state index is 0.0597. The molecule has 0 aliphatic heterocycles. The van der Waals surface area contributed by atoms with Crippen molar-refractivity contribution in [3.05, 3.63) is 47.6 Å². The zero-order valence-corrected chi connectivity index (χ0v) is 13.0. The van der Waals surface area contributed by atoms with Crippen molar-refractivity contribution in [2.24, 2.45) is 0 Å². The summed E-state index contributed by atoms with van der Waals surface area (Å²) in [7, 11) is 0. The molecule has 2 N–H and O–H groups in total. The molecule has 0 saturated heterocycles. The summed E-state index contributed by atoms with van der Waals surface area (Å²) in [5.74, 6) is 1.42. The van der Waals surface area contributed by atoms with E-state index in [1.807, 2.05) is 41.8 Å². The molecular weight excluding hydrogens is 302 g/mol. The summed E-state index contributed by atoms with van der Waals surface area (Å²) in [4.78, 5) is 19.5. The van der Waals surface area contributed by atoms with Crippen molar-refractivity contribution in [2.75, 3.05) is 12.3 Å². The van der Waals surface area contributed by atoms with Crippen LogP contribution in [0.25, 0.3) is 11.0 Å². The molecule has 6 heteroatoms. The largest absolute Gasteiger partial charge is 0.355 e. The fraction of sp³-hybridized carbons (Fsp3) is 0.200. The first-order valence-electron chi connectivity index (χ1n) is 6.68. The molecule has 0 aliphatic rings. The quantitative estimate of drug-likeness (QED) is 0.687. The monoisotopic (exact) mass is 317 g/mol. The number of nitrogens with one attached hydrogen (secondary N) is 2. The summed E-state index contributed by atoms with van der Waals surface area (Å²) >= 11 is 3.22. The first-order chi connectivity index (χ1) is 10.3. The van der Waals surface area contributed by atoms with Crippen LogP contribution in [0.15, 0.2) is 46.0 Å². The maximum absolute atomic E-state index is 11.7. The Bertz CT molecular complexity index is 688. The number of fused-ring (bicyclic) bond motifs is 1. The van der Waals surface area contributed by atoms with Gasteiger partial charge in [0.25, 0.3) is 0 Å². The fourth-order valence-corrected chi connectivity index (χ4v) is 3.59. The number of benzene rings is 1. The van der Waals surface area contributed by atoms with Gasteiger partial charge in [0, 0.05) is 13.0 Å². The zero-order valence-electron chi connectivity index (χ0n) is 11.3. The number of hydrogen-bond acceptors (Lipinski definition) is 4. The molecule has 0 aliphatic carbocycles. The Morgan fingerprint density at radius 1 is 1.29 bits per heavy atom. The minimum Gasteiger partial charge on any atom is -0.355 e. The van der Waals surface area contributed by atoms with Crippen LogP contribution < -0.4 is 5.32 Å². The SMILES string of the molecule is O=C(CSc1cccs1)NCCc1nc2ccccc2[nH]1. The van der Waals surface area contributed by atoms with Crippen molar-refractivity contribution in [3.8, 4) is 0 Å². The lowest BCUT2D eigenvalue weighted by Crippen LogP contribution is -2.27. The summed E-state index contributed by atoms with van der Waals surface area (Å²) < 4.78 is 1.17. The Kier molecular flexibility index (Phi) is 4.57. The molecule has 1 aromatic carbocycles. The summed E-state index contributed by atoms with van der Waals surface area (Å²) in [6.45, 7) is 0.601. The molecule has 0 fully saturated rings. The van der Waals surface area contributed by atoms with Crippen LogP contribution in [-0.2, 0) is 11.2 Å². The Morgan fingerprint density at radius 3 is 3.00 bits per heavy atom. The number of nitrogens with zero attached hydrogens (tertiary/aromatic N) is 1. The molecule has 3 aromatic rings. The van der Waals surface area contributed by atoms with Crippen molar-refractivity contribution in [2.45, 2.75) is 10.6 Å². The van der Waals surface area contributed by atoms with Crippen molar-refractivity contribution in [1.29, 1.82) is 0 Å². The fourth-order valence-electron chi connectivity index (χ4n) is 1.98. The van der Waals surface area contributed by atoms with Gasteiger partial charge in [0.1, 0.15) is 5.82 Å². The van der Waals surface area contributed by atoms with E-state index in [4.69, 9.17) is 0 Å². The predicted octanol–water partition coefficient (Wildman–Crippen LogP) is 3.08. The molecule has 21 heavy (non-hydrogen) atoms. The maximum Gasteiger partial charge on any atom is 0.230 e. The van der Waals surface area contributed by atoms with Crippen LogP contribution in [0.5, 0.6) is 0 Å². The third-order valence-corrected chi connectivity index (χ3v) is 5.09. The van der Waals surface area contributed by atoms with Crippen LogP contribution in [0.2, 0.25) is 0 Å². The Hall–Kier alpha value is -1.79. The van der Waals surface area contributed by atoms with Crippen molar-refractivity contribution >= 4 is 40.0 Å². The molecule has 108 valence electrons. The molecule has 0 atom stereocenters. The first kappa shape index (κ1) is 14.2. The number of imidazole rings is 1. The van der Waals surface area contributed by atoms with Crippen LogP contribution >= 0.6 is 23.1 Å². The number of H-pyrrole nitrogens is 1. The van der Waals surface area contributed by atoms with Crippen LogP contribution in [-0.4, -0.2) is 28.2 Å². The van der Waals surface area contributed by atoms with Gasteiger partial charge in [-0.25, -0.2) is 4.98 Å². The minimum atomic E-state index is 0.0597. The number of thioether (sulfide) groups is 1. The van der Waals surface area contributed by atoms with Crippen LogP contribution in [0.3, 0.4) is 0 Å². The van der Waals surface area contributed by atoms with Crippen LogP contribution in [0.1, 0.15) is 5.82 Å². The third-order valence-electron chi connectivity index (χ3n) is 2.96. The molecular formula is C15H15N3OS2. The number of amides is 1. The summed E-state index contributed by atoms with van der Waals surface area (Å²) in [5, 5.41) is 4.94. The van der Waals surface area contributed by atoms with E-state index in [-0.39, 0.29) is 5.91 Å². The number of aromatic amines is 1. The highest BCUT2D eigenvalue weighted by molar-refractivity contribution is 8.01. The zero-order chi connectivity index (χ0) is 14.5. The average molecular weight is 317 g/mol. The second kappa shape index (κ2) is 6.78. The number of thiophene rings is 1. The predicted molar refractivity (Wildman–Crippen MR) is 87.9 cm³/mol. The van der Waals surface area contributed by atoms with Crippen LogP contribution in [0, 0.1) is 0 Å².